The van der Waals surface area contributed by atoms with E-state index < -0.39 is 46.9 Å². The van der Waals surface area contributed by atoms with Crippen molar-refractivity contribution >= 4 is 48.1 Å². The number of phenolic OH excluding ortho intramolecular Hbond substituents is 1. The van der Waals surface area contributed by atoms with Crippen LogP contribution in [0.1, 0.15) is 5.56 Å². The second kappa shape index (κ2) is 7.77. The number of anilines is 1. The number of hydrogen-bond acceptors (Lipinski definition) is 9. The second-order valence-electron chi connectivity index (χ2n) is 6.47. The van der Waals surface area contributed by atoms with E-state index in [9.17, 15) is 31.0 Å². The van der Waals surface area contributed by atoms with Gasteiger partial charge in [-0.05, 0) is 36.8 Å². The lowest BCUT2D eigenvalue weighted by Gasteiger charge is -2.13. The first kappa shape index (κ1) is 22.4. The maximum Gasteiger partial charge on any atom is 0.296 e. The van der Waals surface area contributed by atoms with Gasteiger partial charge in [-0.25, -0.2) is 0 Å². The van der Waals surface area contributed by atoms with Crippen LogP contribution in [0.4, 0.5) is 17.1 Å². The first-order valence-electron chi connectivity index (χ1n) is 8.44. The molecule has 0 aliphatic rings. The molecule has 0 atom stereocenters. The summed E-state index contributed by atoms with van der Waals surface area (Å²) in [6.07, 6.45) is 0. The van der Waals surface area contributed by atoms with Gasteiger partial charge in [-0.2, -0.15) is 16.8 Å². The number of methoxy groups -OCH3 is 1. The molecule has 0 unspecified atom stereocenters. The Kier molecular flexibility index (Phi) is 5.62. The summed E-state index contributed by atoms with van der Waals surface area (Å²) < 4.78 is 70.9. The molecule has 0 radical (unpaired) electrons. The number of rotatable bonds is 5. The number of azo groups is 1. The van der Waals surface area contributed by atoms with E-state index in [1.807, 2.05) is 6.92 Å². The highest BCUT2D eigenvalue weighted by Gasteiger charge is 2.26. The fourth-order valence-corrected chi connectivity index (χ4v) is 4.37. The number of fused-ring (bicyclic) bond motifs is 1. The van der Waals surface area contributed by atoms with Crippen LogP contribution in [-0.2, 0) is 20.2 Å². The third-order valence-electron chi connectivity index (χ3n) is 4.38. The van der Waals surface area contributed by atoms with Crippen LogP contribution in [0, 0.1) is 6.92 Å². The molecule has 0 saturated carbocycles. The number of ether oxygens (including phenoxy) is 1. The van der Waals surface area contributed by atoms with Crippen molar-refractivity contribution < 1.29 is 35.8 Å². The molecule has 0 heterocycles. The summed E-state index contributed by atoms with van der Waals surface area (Å²) in [5.41, 5.74) is 6.21. The minimum absolute atomic E-state index is 0.185. The number of nitrogen functional groups attached to an aromatic ring is 1. The third-order valence-corrected chi connectivity index (χ3v) is 6.16. The number of phenols is 1. The van der Waals surface area contributed by atoms with Crippen molar-refractivity contribution in [1.29, 1.82) is 0 Å². The topological polar surface area (TPSA) is 189 Å². The molecule has 13 heteroatoms. The van der Waals surface area contributed by atoms with Gasteiger partial charge in [0.2, 0.25) is 0 Å². The Morgan fingerprint density at radius 3 is 2.06 bits per heavy atom. The molecule has 164 valence electrons. The van der Waals surface area contributed by atoms with Crippen molar-refractivity contribution in [3.63, 3.8) is 0 Å². The highest BCUT2D eigenvalue weighted by atomic mass is 32.2. The highest BCUT2D eigenvalue weighted by Crippen LogP contribution is 2.44. The van der Waals surface area contributed by atoms with Gasteiger partial charge in [-0.15, -0.1) is 10.2 Å². The van der Waals surface area contributed by atoms with E-state index in [-0.39, 0.29) is 11.1 Å². The lowest BCUT2D eigenvalue weighted by Crippen LogP contribution is -2.08. The normalized spacial score (nSPS) is 12.5. The smallest absolute Gasteiger partial charge is 0.296 e. The molecule has 0 aliphatic heterocycles. The average Bonchev–Trinajstić information content (AvgIpc) is 2.66. The Hall–Kier alpha value is -3.26. The number of aryl methyl sites for hydroxylation is 1. The van der Waals surface area contributed by atoms with Crippen LogP contribution in [0.25, 0.3) is 10.8 Å². The van der Waals surface area contributed by atoms with Crippen molar-refractivity contribution in [3.05, 3.63) is 42.0 Å². The quantitative estimate of drug-likeness (QED) is 0.248. The average molecular weight is 467 g/mol. The summed E-state index contributed by atoms with van der Waals surface area (Å²) >= 11 is 0. The van der Waals surface area contributed by atoms with E-state index in [1.165, 1.54) is 13.2 Å². The molecule has 3 aromatic carbocycles. The number of aromatic hydroxyl groups is 1. The summed E-state index contributed by atoms with van der Waals surface area (Å²) in [6.45, 7) is 1.85. The van der Waals surface area contributed by atoms with E-state index in [1.54, 1.807) is 18.2 Å². The Balaban J connectivity index is 2.30. The molecule has 3 rings (SSSR count). The molecule has 0 aliphatic carbocycles. The standard InChI is InChI=1S/C18H17N3O8S2/c1-9-3-5-11(13(7-9)29-2)20-21-12-6-4-10-14(30(23,24)25)8-15(31(26,27)28)17(19)16(10)18(12)22/h3-8,22H,19H2,1-2H3,(H,23,24,25)(H,26,27,28). The van der Waals surface area contributed by atoms with Gasteiger partial charge in [0.05, 0.1) is 18.2 Å². The summed E-state index contributed by atoms with van der Waals surface area (Å²) in [7, 11) is -8.49. The monoisotopic (exact) mass is 467 g/mol. The van der Waals surface area contributed by atoms with Gasteiger partial charge in [0.15, 0.2) is 5.75 Å². The zero-order valence-electron chi connectivity index (χ0n) is 16.1. The summed E-state index contributed by atoms with van der Waals surface area (Å²) in [4.78, 5) is -1.87. The maximum absolute atomic E-state index is 11.7. The Morgan fingerprint density at radius 2 is 1.48 bits per heavy atom. The fourth-order valence-electron chi connectivity index (χ4n) is 2.94. The number of benzene rings is 3. The van der Waals surface area contributed by atoms with Crippen molar-refractivity contribution in [2.45, 2.75) is 16.7 Å². The van der Waals surface area contributed by atoms with Crippen LogP contribution in [0.2, 0.25) is 0 Å². The molecule has 0 fully saturated rings. The third kappa shape index (κ3) is 4.29. The molecule has 11 nitrogen and oxygen atoms in total. The van der Waals surface area contributed by atoms with Gasteiger partial charge < -0.3 is 15.6 Å². The van der Waals surface area contributed by atoms with Crippen LogP contribution in [0.5, 0.6) is 11.5 Å². The highest BCUT2D eigenvalue weighted by molar-refractivity contribution is 7.87. The number of hydrogen-bond donors (Lipinski definition) is 4. The largest absolute Gasteiger partial charge is 0.505 e. The van der Waals surface area contributed by atoms with Crippen LogP contribution in [0.15, 0.2) is 56.4 Å². The maximum atomic E-state index is 11.7. The summed E-state index contributed by atoms with van der Waals surface area (Å²) in [5.74, 6) is -0.300. The van der Waals surface area contributed by atoms with Crippen LogP contribution in [-0.4, -0.2) is 38.2 Å². The van der Waals surface area contributed by atoms with E-state index in [2.05, 4.69) is 10.2 Å². The molecule has 0 saturated heterocycles. The van der Waals surface area contributed by atoms with E-state index in [0.717, 1.165) is 11.6 Å². The van der Waals surface area contributed by atoms with Gasteiger partial charge in [0.25, 0.3) is 20.2 Å². The molecule has 0 amide bonds. The molecule has 0 aromatic heterocycles. The van der Waals surface area contributed by atoms with Crippen LogP contribution >= 0.6 is 0 Å². The van der Waals surface area contributed by atoms with Gasteiger partial charge in [-0.3, -0.25) is 9.11 Å². The zero-order valence-corrected chi connectivity index (χ0v) is 17.8. The number of nitrogens with two attached hydrogens (primary N) is 1. The summed E-state index contributed by atoms with van der Waals surface area (Å²) in [6, 6.07) is 7.94. The van der Waals surface area contributed by atoms with Crippen LogP contribution < -0.4 is 10.5 Å². The van der Waals surface area contributed by atoms with Crippen molar-refractivity contribution in [3.8, 4) is 11.5 Å². The van der Waals surface area contributed by atoms with E-state index >= 15 is 0 Å². The van der Waals surface area contributed by atoms with Crippen molar-refractivity contribution in [1.82, 2.24) is 0 Å². The van der Waals surface area contributed by atoms with Crippen molar-refractivity contribution in [2.24, 2.45) is 10.2 Å². The lowest BCUT2D eigenvalue weighted by atomic mass is 10.1. The summed E-state index contributed by atoms with van der Waals surface area (Å²) in [5, 5.41) is 17.8. The zero-order chi connectivity index (χ0) is 23.1. The molecular weight excluding hydrogens is 450 g/mol. The van der Waals surface area contributed by atoms with Gasteiger partial charge in [0, 0.05) is 5.39 Å². The predicted molar refractivity (Wildman–Crippen MR) is 112 cm³/mol. The predicted octanol–water partition coefficient (Wildman–Crippen LogP) is 3.35. The minimum Gasteiger partial charge on any atom is -0.505 e. The minimum atomic E-state index is -4.99. The first-order valence-corrected chi connectivity index (χ1v) is 11.3. The Morgan fingerprint density at radius 1 is 0.903 bits per heavy atom. The number of nitrogens with zero attached hydrogens (tertiary/aromatic N) is 2. The van der Waals surface area contributed by atoms with Gasteiger partial charge in [-0.1, -0.05) is 12.1 Å². The van der Waals surface area contributed by atoms with E-state index in [0.29, 0.717) is 17.5 Å². The molecule has 31 heavy (non-hydrogen) atoms. The lowest BCUT2D eigenvalue weighted by molar-refractivity contribution is 0.415. The van der Waals surface area contributed by atoms with Crippen LogP contribution in [0.3, 0.4) is 0 Å². The Labute approximate surface area is 177 Å². The van der Waals surface area contributed by atoms with E-state index in [4.69, 9.17) is 10.5 Å². The molecule has 0 spiro atoms. The molecular formula is C18H17N3O8S2. The molecule has 5 N–H and O–H groups in total. The second-order valence-corrected chi connectivity index (χ2v) is 9.25. The Bertz CT molecular complexity index is 1450. The van der Waals surface area contributed by atoms with Gasteiger partial charge >= 0.3 is 0 Å². The van der Waals surface area contributed by atoms with Gasteiger partial charge in [0.1, 0.15) is 26.9 Å². The first-order chi connectivity index (χ1) is 14.3. The molecule has 0 bridgehead atoms. The fraction of sp³-hybridized carbons (Fsp3) is 0.111. The SMILES string of the molecule is COc1cc(C)ccc1N=Nc1ccc2c(S(=O)(=O)O)cc(S(=O)(=O)O)c(N)c2c1O. The molecule has 3 aromatic rings. The van der Waals surface area contributed by atoms with Crippen molar-refractivity contribution in [2.75, 3.05) is 12.8 Å².